The van der Waals surface area contributed by atoms with Crippen LogP contribution < -0.4 is 5.32 Å². The highest BCUT2D eigenvalue weighted by atomic mass is 32.2. The summed E-state index contributed by atoms with van der Waals surface area (Å²) in [5, 5.41) is 19.9. The van der Waals surface area contributed by atoms with Crippen molar-refractivity contribution in [1.82, 2.24) is 10.3 Å². The lowest BCUT2D eigenvalue weighted by atomic mass is 9.70. The number of carbonyl (C=O) groups is 1. The highest BCUT2D eigenvalue weighted by molar-refractivity contribution is 7.92. The van der Waals surface area contributed by atoms with Crippen molar-refractivity contribution in [2.75, 3.05) is 12.3 Å². The number of nitrogens with one attached hydrogen (secondary N) is 1. The lowest BCUT2D eigenvalue weighted by molar-refractivity contribution is -0.141. The molecule has 0 radical (unpaired) electrons. The normalized spacial score (nSPS) is 22.7. The van der Waals surface area contributed by atoms with Crippen LogP contribution in [0.1, 0.15) is 86.0 Å². The van der Waals surface area contributed by atoms with Crippen LogP contribution in [0.3, 0.4) is 0 Å². The van der Waals surface area contributed by atoms with Crippen molar-refractivity contribution in [3.8, 4) is 12.1 Å². The van der Waals surface area contributed by atoms with Crippen molar-refractivity contribution in [2.45, 2.75) is 75.6 Å². The first kappa shape index (κ1) is 26.9. The van der Waals surface area contributed by atoms with E-state index in [1.165, 1.54) is 0 Å². The third kappa shape index (κ3) is 7.17. The monoisotopic (exact) mass is 510 g/mol. The Kier molecular flexibility index (Phi) is 8.42. The first-order valence-electron chi connectivity index (χ1n) is 11.8. The number of pyridine rings is 1. The van der Waals surface area contributed by atoms with Crippen LogP contribution in [0.15, 0.2) is 12.1 Å². The fraction of sp³-hybridized carbons (Fsp3) is 0.667. The van der Waals surface area contributed by atoms with E-state index in [4.69, 9.17) is 10.5 Å². The van der Waals surface area contributed by atoms with E-state index in [1.54, 1.807) is 6.07 Å². The van der Waals surface area contributed by atoms with Gasteiger partial charge in [-0.25, -0.2) is 13.4 Å². The summed E-state index contributed by atoms with van der Waals surface area (Å²) in [7, 11) is -3.19. The van der Waals surface area contributed by atoms with E-state index in [2.05, 4.69) is 16.4 Å². The molecule has 1 N–H and O–H groups in total. The zero-order chi connectivity index (χ0) is 25.7. The summed E-state index contributed by atoms with van der Waals surface area (Å²) >= 11 is 0. The molecule has 2 aliphatic rings. The van der Waals surface area contributed by atoms with Gasteiger partial charge < -0.3 is 5.32 Å². The molecule has 35 heavy (non-hydrogen) atoms. The largest absolute Gasteiger partial charge is 0.434 e. The van der Waals surface area contributed by atoms with E-state index in [0.29, 0.717) is 51.4 Å². The Morgan fingerprint density at radius 1 is 1.14 bits per heavy atom. The Balaban J connectivity index is 1.72. The van der Waals surface area contributed by atoms with Gasteiger partial charge in [0.25, 0.3) is 5.91 Å². The molecule has 0 saturated heterocycles. The Bertz CT molecular complexity index is 1110. The van der Waals surface area contributed by atoms with Crippen LogP contribution in [0.2, 0.25) is 0 Å². The first-order valence-corrected chi connectivity index (χ1v) is 13.6. The topological polar surface area (TPSA) is 124 Å². The molecule has 11 heteroatoms. The SMILES string of the molecule is N#CCCCCC1(CNC(=O)c2ccc(C#N)nc2C(F)(F)F)CCC(S(=O)(=O)CC2CC2)CC1. The lowest BCUT2D eigenvalue weighted by Gasteiger charge is -2.40. The number of hydrogen-bond acceptors (Lipinski definition) is 6. The van der Waals surface area contributed by atoms with Crippen LogP contribution >= 0.6 is 0 Å². The molecule has 1 aromatic rings. The zero-order valence-corrected chi connectivity index (χ0v) is 20.2. The number of nitriles is 2. The highest BCUT2D eigenvalue weighted by Crippen LogP contribution is 2.43. The second kappa shape index (κ2) is 10.9. The maximum absolute atomic E-state index is 13.4. The average Bonchev–Trinajstić information content (AvgIpc) is 3.63. The highest BCUT2D eigenvalue weighted by Gasteiger charge is 2.42. The quantitative estimate of drug-likeness (QED) is 0.461. The molecular weight excluding hydrogens is 481 g/mol. The van der Waals surface area contributed by atoms with Gasteiger partial charge in [-0.15, -0.1) is 0 Å². The fourth-order valence-electron chi connectivity index (χ4n) is 4.81. The van der Waals surface area contributed by atoms with Crippen molar-refractivity contribution in [1.29, 1.82) is 10.5 Å². The van der Waals surface area contributed by atoms with Crippen molar-refractivity contribution < 1.29 is 26.4 Å². The number of carbonyl (C=O) groups excluding carboxylic acids is 1. The summed E-state index contributed by atoms with van der Waals surface area (Å²) in [4.78, 5) is 16.0. The van der Waals surface area contributed by atoms with E-state index < -0.39 is 49.5 Å². The molecule has 2 saturated carbocycles. The minimum atomic E-state index is -4.90. The third-order valence-corrected chi connectivity index (χ3v) is 9.48. The summed E-state index contributed by atoms with van der Waals surface area (Å²) in [6.45, 7) is 0.102. The second-order valence-corrected chi connectivity index (χ2v) is 12.0. The van der Waals surface area contributed by atoms with Gasteiger partial charge in [-0.1, -0.05) is 6.42 Å². The van der Waals surface area contributed by atoms with E-state index in [9.17, 15) is 26.4 Å². The molecule has 1 amide bonds. The third-order valence-electron chi connectivity index (χ3n) is 7.06. The maximum atomic E-state index is 13.4. The van der Waals surface area contributed by atoms with E-state index in [-0.39, 0.29) is 18.2 Å². The van der Waals surface area contributed by atoms with Gasteiger partial charge in [0.2, 0.25) is 0 Å². The summed E-state index contributed by atoms with van der Waals surface area (Å²) in [6, 6.07) is 5.65. The van der Waals surface area contributed by atoms with Gasteiger partial charge >= 0.3 is 6.18 Å². The molecule has 2 aliphatic carbocycles. The molecule has 2 fully saturated rings. The van der Waals surface area contributed by atoms with Gasteiger partial charge in [-0.3, -0.25) is 4.79 Å². The molecule has 0 atom stereocenters. The summed E-state index contributed by atoms with van der Waals surface area (Å²) in [6.07, 6.45) is 1.36. The molecular formula is C24H29F3N4O3S. The number of nitrogens with zero attached hydrogens (tertiary/aromatic N) is 3. The van der Waals surface area contributed by atoms with Gasteiger partial charge in [0.1, 0.15) is 11.8 Å². The van der Waals surface area contributed by atoms with Crippen molar-refractivity contribution in [3.63, 3.8) is 0 Å². The Morgan fingerprint density at radius 2 is 1.83 bits per heavy atom. The summed E-state index contributed by atoms with van der Waals surface area (Å²) < 4.78 is 65.8. The molecule has 1 aromatic heterocycles. The number of amides is 1. The van der Waals surface area contributed by atoms with Crippen LogP contribution in [-0.2, 0) is 16.0 Å². The van der Waals surface area contributed by atoms with Gasteiger partial charge in [-0.2, -0.15) is 23.7 Å². The minimum Gasteiger partial charge on any atom is -0.351 e. The molecule has 0 unspecified atom stereocenters. The van der Waals surface area contributed by atoms with E-state index in [0.717, 1.165) is 25.0 Å². The molecule has 0 spiro atoms. The number of sulfone groups is 1. The predicted octanol–water partition coefficient (Wildman–Crippen LogP) is 4.54. The number of rotatable bonds is 10. The van der Waals surface area contributed by atoms with Crippen LogP contribution in [-0.4, -0.2) is 36.9 Å². The van der Waals surface area contributed by atoms with E-state index >= 15 is 0 Å². The van der Waals surface area contributed by atoms with Gasteiger partial charge in [0, 0.05) is 13.0 Å². The zero-order valence-electron chi connectivity index (χ0n) is 19.4. The minimum absolute atomic E-state index is 0.102. The van der Waals surface area contributed by atoms with Crippen LogP contribution in [0.5, 0.6) is 0 Å². The summed E-state index contributed by atoms with van der Waals surface area (Å²) in [5.74, 6) is -0.454. The average molecular weight is 511 g/mol. The number of halogens is 3. The van der Waals surface area contributed by atoms with Crippen LogP contribution in [0.25, 0.3) is 0 Å². The standard InChI is InChI=1S/C24H29F3N4O3S/c25-24(26,27)21-20(7-6-18(14-29)31-21)22(32)30-16-23(10-2-1-3-13-28)11-8-19(9-12-23)35(33,34)15-17-4-5-17/h6-7,17,19H,1-5,8-12,15-16H2,(H,30,32). The van der Waals surface area contributed by atoms with Gasteiger partial charge in [-0.05, 0) is 74.8 Å². The molecule has 3 rings (SSSR count). The summed E-state index contributed by atoms with van der Waals surface area (Å²) in [5.41, 5.74) is -2.95. The predicted molar refractivity (Wildman–Crippen MR) is 122 cm³/mol. The maximum Gasteiger partial charge on any atom is 0.434 e. The lowest BCUT2D eigenvalue weighted by Crippen LogP contribution is -2.43. The van der Waals surface area contributed by atoms with Crippen LogP contribution in [0, 0.1) is 34.0 Å². The van der Waals surface area contributed by atoms with Crippen LogP contribution in [0.4, 0.5) is 13.2 Å². The smallest absolute Gasteiger partial charge is 0.351 e. The number of hydrogen-bond donors (Lipinski definition) is 1. The molecule has 190 valence electrons. The van der Waals surface area contributed by atoms with Crippen molar-refractivity contribution >= 4 is 15.7 Å². The number of aromatic nitrogens is 1. The second-order valence-electron chi connectivity index (χ2n) is 9.72. The number of alkyl halides is 3. The molecule has 0 aromatic carbocycles. The molecule has 7 nitrogen and oxygen atoms in total. The van der Waals surface area contributed by atoms with E-state index in [1.807, 2.05) is 0 Å². The first-order chi connectivity index (χ1) is 16.5. The molecule has 0 aliphatic heterocycles. The van der Waals surface area contributed by atoms with Gasteiger partial charge in [0.15, 0.2) is 15.5 Å². The number of unbranched alkanes of at least 4 members (excludes halogenated alkanes) is 2. The molecule has 0 bridgehead atoms. The fourth-order valence-corrected chi connectivity index (χ4v) is 7.03. The Labute approximate surface area is 203 Å². The Morgan fingerprint density at radius 3 is 2.40 bits per heavy atom. The van der Waals surface area contributed by atoms with Gasteiger partial charge in [0.05, 0.1) is 22.6 Å². The molecule has 1 heterocycles. The Hall–Kier alpha value is -2.66. The van der Waals surface area contributed by atoms with Crippen molar-refractivity contribution in [3.05, 3.63) is 29.1 Å². The van der Waals surface area contributed by atoms with Crippen molar-refractivity contribution in [2.24, 2.45) is 11.3 Å².